The van der Waals surface area contributed by atoms with Crippen LogP contribution >= 0.6 is 0 Å². The highest BCUT2D eigenvalue weighted by molar-refractivity contribution is 5.85. The van der Waals surface area contributed by atoms with Gasteiger partial charge in [-0.1, -0.05) is 30.3 Å². The van der Waals surface area contributed by atoms with Crippen molar-refractivity contribution in [2.45, 2.75) is 39.3 Å². The number of aliphatic imine (C=N–C) groups is 1. The Kier molecular flexibility index (Phi) is 8.25. The Balaban J connectivity index is 1.78. The van der Waals surface area contributed by atoms with Gasteiger partial charge in [0.2, 0.25) is 5.91 Å². The number of hydrogen-bond donors (Lipinski definition) is 3. The van der Waals surface area contributed by atoms with Gasteiger partial charge in [-0.3, -0.25) is 9.69 Å². The highest BCUT2D eigenvalue weighted by Gasteiger charge is 2.20. The smallest absolute Gasteiger partial charge is 0.241 e. The number of rotatable bonds is 7. The summed E-state index contributed by atoms with van der Waals surface area (Å²) in [7, 11) is 0. The molecule has 0 aromatic heterocycles. The highest BCUT2D eigenvalue weighted by Crippen LogP contribution is 2.13. The molecule has 1 heterocycles. The van der Waals surface area contributed by atoms with Crippen LogP contribution in [-0.2, 0) is 11.3 Å². The minimum Gasteiger partial charge on any atom is -0.357 e. The topological polar surface area (TPSA) is 68.8 Å². The average Bonchev–Trinajstić information content (AvgIpc) is 2.63. The zero-order chi connectivity index (χ0) is 17.9. The van der Waals surface area contributed by atoms with Crippen LogP contribution in [0.1, 0.15) is 32.3 Å². The lowest BCUT2D eigenvalue weighted by molar-refractivity contribution is -0.119. The van der Waals surface area contributed by atoms with Gasteiger partial charge in [-0.2, -0.15) is 0 Å². The maximum Gasteiger partial charge on any atom is 0.241 e. The minimum atomic E-state index is -0.0441. The number of carbonyl (C=O) groups excluding carboxylic acids is 1. The van der Waals surface area contributed by atoms with Gasteiger partial charge in [-0.15, -0.1) is 0 Å². The van der Waals surface area contributed by atoms with Crippen molar-refractivity contribution in [1.29, 1.82) is 0 Å². The van der Waals surface area contributed by atoms with Crippen molar-refractivity contribution in [3.05, 3.63) is 35.9 Å². The quantitative estimate of drug-likeness (QED) is 0.515. The second-order valence-corrected chi connectivity index (χ2v) is 6.33. The summed E-state index contributed by atoms with van der Waals surface area (Å²) in [5, 5.41) is 9.46. The van der Waals surface area contributed by atoms with Gasteiger partial charge in [-0.05, 0) is 32.3 Å². The molecule has 1 fully saturated rings. The number of amides is 1. The van der Waals surface area contributed by atoms with E-state index in [1.54, 1.807) is 0 Å². The molecule has 0 bridgehead atoms. The van der Waals surface area contributed by atoms with Crippen LogP contribution in [0.5, 0.6) is 0 Å². The van der Waals surface area contributed by atoms with Crippen LogP contribution in [-0.4, -0.2) is 55.5 Å². The molecule has 1 saturated heterocycles. The number of nitrogens with one attached hydrogen (secondary N) is 3. The lowest BCUT2D eigenvalue weighted by atomic mass is 10.0. The Morgan fingerprint density at radius 2 is 1.80 bits per heavy atom. The first kappa shape index (κ1) is 19.2. The fourth-order valence-electron chi connectivity index (χ4n) is 2.99. The Morgan fingerprint density at radius 3 is 2.44 bits per heavy atom. The van der Waals surface area contributed by atoms with Crippen molar-refractivity contribution in [2.75, 3.05) is 32.7 Å². The van der Waals surface area contributed by atoms with Crippen LogP contribution in [0.25, 0.3) is 0 Å². The fraction of sp³-hybridized carbons (Fsp3) is 0.579. The molecule has 0 radical (unpaired) electrons. The Hall–Kier alpha value is -2.08. The van der Waals surface area contributed by atoms with E-state index < -0.39 is 0 Å². The number of benzene rings is 1. The predicted molar refractivity (Wildman–Crippen MR) is 103 cm³/mol. The molecule has 1 aliphatic rings. The molecular weight excluding hydrogens is 314 g/mol. The first-order valence-corrected chi connectivity index (χ1v) is 9.29. The number of hydrogen-bond acceptors (Lipinski definition) is 3. The van der Waals surface area contributed by atoms with Crippen molar-refractivity contribution >= 4 is 11.9 Å². The minimum absolute atomic E-state index is 0.0441. The average molecular weight is 345 g/mol. The lowest BCUT2D eigenvalue weighted by Crippen LogP contribution is -2.48. The summed E-state index contributed by atoms with van der Waals surface area (Å²) in [6, 6.07) is 11.0. The fourth-order valence-corrected chi connectivity index (χ4v) is 2.99. The van der Waals surface area contributed by atoms with Crippen LogP contribution in [0, 0.1) is 0 Å². The summed E-state index contributed by atoms with van der Waals surface area (Å²) in [5.41, 5.74) is 1.37. The van der Waals surface area contributed by atoms with E-state index in [2.05, 4.69) is 56.2 Å². The second kappa shape index (κ2) is 10.7. The molecular formula is C19H31N5O. The van der Waals surface area contributed by atoms with Crippen molar-refractivity contribution in [3.8, 4) is 0 Å². The Bertz CT molecular complexity index is 538. The molecule has 1 aromatic rings. The van der Waals surface area contributed by atoms with Gasteiger partial charge in [0.05, 0.1) is 0 Å². The van der Waals surface area contributed by atoms with Gasteiger partial charge in [0.25, 0.3) is 0 Å². The predicted octanol–water partition coefficient (Wildman–Crippen LogP) is 1.34. The summed E-state index contributed by atoms with van der Waals surface area (Å²) in [6.45, 7) is 8.69. The van der Waals surface area contributed by atoms with E-state index in [-0.39, 0.29) is 12.5 Å². The van der Waals surface area contributed by atoms with Crippen LogP contribution in [0.15, 0.2) is 35.3 Å². The van der Waals surface area contributed by atoms with E-state index in [1.165, 1.54) is 5.56 Å². The third-order valence-electron chi connectivity index (χ3n) is 4.28. The van der Waals surface area contributed by atoms with Gasteiger partial charge in [0.1, 0.15) is 6.54 Å². The Labute approximate surface area is 151 Å². The van der Waals surface area contributed by atoms with E-state index in [0.29, 0.717) is 12.6 Å². The van der Waals surface area contributed by atoms with Gasteiger partial charge in [-0.25, -0.2) is 4.99 Å². The summed E-state index contributed by atoms with van der Waals surface area (Å²) in [5.74, 6) is 0.688. The maximum absolute atomic E-state index is 11.6. The standard InChI is InChI=1S/C19H31N5O/c1-3-20-18(25)14-22-19(21-4-2)23-17-10-12-24(13-11-17)15-16-8-6-5-7-9-16/h5-9,17H,3-4,10-15H2,1-2H3,(H,20,25)(H2,21,22,23). The van der Waals surface area contributed by atoms with Gasteiger partial charge in [0.15, 0.2) is 5.96 Å². The zero-order valence-corrected chi connectivity index (χ0v) is 15.4. The van der Waals surface area contributed by atoms with E-state index >= 15 is 0 Å². The SMILES string of the molecule is CCNC(=O)CN=C(NCC)NC1CCN(Cc2ccccc2)CC1. The van der Waals surface area contributed by atoms with Gasteiger partial charge < -0.3 is 16.0 Å². The molecule has 1 aliphatic heterocycles. The third-order valence-corrected chi connectivity index (χ3v) is 4.28. The summed E-state index contributed by atoms with van der Waals surface area (Å²) < 4.78 is 0. The molecule has 0 atom stereocenters. The number of piperidine rings is 1. The molecule has 1 amide bonds. The van der Waals surface area contributed by atoms with Crippen LogP contribution in [0.3, 0.4) is 0 Å². The third kappa shape index (κ3) is 7.13. The molecule has 138 valence electrons. The summed E-state index contributed by atoms with van der Waals surface area (Å²) in [4.78, 5) is 18.5. The molecule has 25 heavy (non-hydrogen) atoms. The normalized spacial score (nSPS) is 16.5. The largest absolute Gasteiger partial charge is 0.357 e. The highest BCUT2D eigenvalue weighted by atomic mass is 16.1. The van der Waals surface area contributed by atoms with E-state index in [0.717, 1.165) is 45.0 Å². The molecule has 0 unspecified atom stereocenters. The molecule has 0 spiro atoms. The first-order chi connectivity index (χ1) is 12.2. The first-order valence-electron chi connectivity index (χ1n) is 9.29. The Morgan fingerprint density at radius 1 is 1.12 bits per heavy atom. The van der Waals surface area contributed by atoms with Gasteiger partial charge >= 0.3 is 0 Å². The molecule has 6 heteroatoms. The van der Waals surface area contributed by atoms with Crippen molar-refractivity contribution in [2.24, 2.45) is 4.99 Å². The molecule has 6 nitrogen and oxygen atoms in total. The number of guanidine groups is 1. The zero-order valence-electron chi connectivity index (χ0n) is 15.4. The van der Waals surface area contributed by atoms with Gasteiger partial charge in [0, 0.05) is 38.8 Å². The number of likely N-dealkylation sites (N-methyl/N-ethyl adjacent to an activating group) is 1. The monoisotopic (exact) mass is 345 g/mol. The van der Waals surface area contributed by atoms with Crippen molar-refractivity contribution < 1.29 is 4.79 Å². The summed E-state index contributed by atoms with van der Waals surface area (Å²) >= 11 is 0. The number of nitrogens with zero attached hydrogens (tertiary/aromatic N) is 2. The lowest BCUT2D eigenvalue weighted by Gasteiger charge is -2.33. The van der Waals surface area contributed by atoms with E-state index in [9.17, 15) is 4.79 Å². The van der Waals surface area contributed by atoms with E-state index in [4.69, 9.17) is 0 Å². The van der Waals surface area contributed by atoms with Crippen molar-refractivity contribution in [1.82, 2.24) is 20.9 Å². The van der Waals surface area contributed by atoms with Crippen LogP contribution < -0.4 is 16.0 Å². The molecule has 1 aromatic carbocycles. The summed E-state index contributed by atoms with van der Waals surface area (Å²) in [6.07, 6.45) is 2.16. The molecule has 0 saturated carbocycles. The van der Waals surface area contributed by atoms with Crippen molar-refractivity contribution in [3.63, 3.8) is 0 Å². The number of likely N-dealkylation sites (tertiary alicyclic amines) is 1. The molecule has 3 N–H and O–H groups in total. The maximum atomic E-state index is 11.6. The van der Waals surface area contributed by atoms with E-state index in [1.807, 2.05) is 13.8 Å². The van der Waals surface area contributed by atoms with Crippen LogP contribution in [0.2, 0.25) is 0 Å². The second-order valence-electron chi connectivity index (χ2n) is 6.33. The number of carbonyl (C=O) groups is 1. The molecule has 2 rings (SSSR count). The molecule has 0 aliphatic carbocycles. The van der Waals surface area contributed by atoms with Crippen LogP contribution in [0.4, 0.5) is 0 Å².